The normalized spacial score (nSPS) is 15.0. The zero-order valence-electron chi connectivity index (χ0n) is 10.3. The van der Waals surface area contributed by atoms with Gasteiger partial charge in [0.05, 0.1) is 17.2 Å². The Morgan fingerprint density at radius 2 is 2.33 bits per heavy atom. The predicted molar refractivity (Wildman–Crippen MR) is 72.9 cm³/mol. The van der Waals surface area contributed by atoms with E-state index in [9.17, 15) is 4.79 Å². The standard InChI is InChI=1S/C14H16ClNO2/c1-18-8-2-3-10-4-7-13(15)12(9-10)14(17)16-11-5-6-11/h2-4,7,9,11H,5-6,8H2,1H3,(H,16,17). The van der Waals surface area contributed by atoms with Gasteiger partial charge in [0.25, 0.3) is 5.91 Å². The average molecular weight is 266 g/mol. The minimum atomic E-state index is -0.0931. The van der Waals surface area contributed by atoms with Crippen LogP contribution in [-0.4, -0.2) is 25.7 Å². The van der Waals surface area contributed by atoms with Crippen molar-refractivity contribution in [2.45, 2.75) is 18.9 Å². The van der Waals surface area contributed by atoms with E-state index in [0.717, 1.165) is 18.4 Å². The van der Waals surface area contributed by atoms with Crippen LogP contribution in [0.15, 0.2) is 24.3 Å². The van der Waals surface area contributed by atoms with E-state index in [2.05, 4.69) is 5.32 Å². The molecule has 0 bridgehead atoms. The van der Waals surface area contributed by atoms with Crippen LogP contribution in [0.5, 0.6) is 0 Å². The number of hydrogen-bond donors (Lipinski definition) is 1. The van der Waals surface area contributed by atoms with Crippen molar-refractivity contribution in [1.82, 2.24) is 5.32 Å². The lowest BCUT2D eigenvalue weighted by Crippen LogP contribution is -2.25. The van der Waals surface area contributed by atoms with Gasteiger partial charge in [-0.2, -0.15) is 0 Å². The van der Waals surface area contributed by atoms with Gasteiger partial charge in [-0.15, -0.1) is 0 Å². The van der Waals surface area contributed by atoms with Gasteiger partial charge in [-0.3, -0.25) is 4.79 Å². The molecule has 1 N–H and O–H groups in total. The maximum atomic E-state index is 12.0. The van der Waals surface area contributed by atoms with E-state index in [1.807, 2.05) is 18.2 Å². The molecule has 1 fully saturated rings. The maximum absolute atomic E-state index is 12.0. The molecule has 1 amide bonds. The van der Waals surface area contributed by atoms with Crippen LogP contribution in [0.25, 0.3) is 6.08 Å². The van der Waals surface area contributed by atoms with Crippen molar-refractivity contribution < 1.29 is 9.53 Å². The quantitative estimate of drug-likeness (QED) is 0.889. The molecule has 0 aromatic heterocycles. The highest BCUT2D eigenvalue weighted by Crippen LogP contribution is 2.22. The van der Waals surface area contributed by atoms with Crippen LogP contribution in [0.3, 0.4) is 0 Å². The molecular weight excluding hydrogens is 250 g/mol. The number of halogens is 1. The zero-order chi connectivity index (χ0) is 13.0. The number of amides is 1. The van der Waals surface area contributed by atoms with Crippen molar-refractivity contribution in [3.8, 4) is 0 Å². The minimum Gasteiger partial charge on any atom is -0.381 e. The number of methoxy groups -OCH3 is 1. The number of nitrogens with one attached hydrogen (secondary N) is 1. The molecule has 1 aromatic carbocycles. The van der Waals surface area contributed by atoms with Gasteiger partial charge in [-0.1, -0.05) is 29.8 Å². The summed E-state index contributed by atoms with van der Waals surface area (Å²) < 4.78 is 4.93. The van der Waals surface area contributed by atoms with Crippen molar-refractivity contribution in [2.24, 2.45) is 0 Å². The SMILES string of the molecule is COCC=Cc1ccc(Cl)c(C(=O)NC2CC2)c1. The summed E-state index contributed by atoms with van der Waals surface area (Å²) in [6.45, 7) is 0.548. The van der Waals surface area contributed by atoms with Gasteiger partial charge in [0.1, 0.15) is 0 Å². The molecule has 1 aromatic rings. The molecule has 3 nitrogen and oxygen atoms in total. The Bertz CT molecular complexity index is 467. The average Bonchev–Trinajstić information content (AvgIpc) is 3.15. The van der Waals surface area contributed by atoms with Crippen molar-refractivity contribution in [1.29, 1.82) is 0 Å². The second kappa shape index (κ2) is 6.03. The summed E-state index contributed by atoms with van der Waals surface area (Å²) in [4.78, 5) is 12.0. The Morgan fingerprint density at radius 1 is 1.56 bits per heavy atom. The summed E-state index contributed by atoms with van der Waals surface area (Å²) in [7, 11) is 1.64. The number of carbonyl (C=O) groups excluding carboxylic acids is 1. The first-order valence-corrected chi connectivity index (χ1v) is 6.34. The first-order chi connectivity index (χ1) is 8.70. The minimum absolute atomic E-state index is 0.0931. The molecule has 96 valence electrons. The highest BCUT2D eigenvalue weighted by atomic mass is 35.5. The first kappa shape index (κ1) is 13.1. The first-order valence-electron chi connectivity index (χ1n) is 5.96. The lowest BCUT2D eigenvalue weighted by atomic mass is 10.1. The number of ether oxygens (including phenoxy) is 1. The second-order valence-electron chi connectivity index (χ2n) is 4.34. The molecule has 1 aliphatic carbocycles. The van der Waals surface area contributed by atoms with Crippen molar-refractivity contribution in [3.63, 3.8) is 0 Å². The molecule has 0 spiro atoms. The Morgan fingerprint density at radius 3 is 3.00 bits per heavy atom. The van der Waals surface area contributed by atoms with E-state index in [1.54, 1.807) is 19.2 Å². The van der Waals surface area contributed by atoms with Crippen LogP contribution in [0.2, 0.25) is 5.02 Å². The fourth-order valence-electron chi connectivity index (χ4n) is 1.59. The van der Waals surface area contributed by atoms with Gasteiger partial charge >= 0.3 is 0 Å². The molecular formula is C14H16ClNO2. The third-order valence-electron chi connectivity index (χ3n) is 2.72. The van der Waals surface area contributed by atoms with Gasteiger partial charge in [-0.05, 0) is 30.5 Å². The van der Waals surface area contributed by atoms with Crippen molar-refractivity contribution >= 4 is 23.6 Å². The Kier molecular flexibility index (Phi) is 4.39. The lowest BCUT2D eigenvalue weighted by Gasteiger charge is -2.06. The molecule has 4 heteroatoms. The number of carbonyl (C=O) groups is 1. The third-order valence-corrected chi connectivity index (χ3v) is 3.05. The molecule has 0 aliphatic heterocycles. The summed E-state index contributed by atoms with van der Waals surface area (Å²) in [5.74, 6) is -0.0931. The smallest absolute Gasteiger partial charge is 0.253 e. The molecule has 0 unspecified atom stereocenters. The zero-order valence-corrected chi connectivity index (χ0v) is 11.0. The van der Waals surface area contributed by atoms with Gasteiger partial charge in [-0.25, -0.2) is 0 Å². The summed E-state index contributed by atoms with van der Waals surface area (Å²) in [6, 6.07) is 5.76. The molecule has 2 rings (SSSR count). The number of benzene rings is 1. The predicted octanol–water partition coefficient (Wildman–Crippen LogP) is 2.89. The van der Waals surface area contributed by atoms with E-state index in [4.69, 9.17) is 16.3 Å². The summed E-state index contributed by atoms with van der Waals surface area (Å²) in [5.41, 5.74) is 1.47. The monoisotopic (exact) mass is 265 g/mol. The highest BCUT2D eigenvalue weighted by Gasteiger charge is 2.24. The Balaban J connectivity index is 2.12. The Hall–Kier alpha value is -1.32. The van der Waals surface area contributed by atoms with E-state index in [-0.39, 0.29) is 5.91 Å². The van der Waals surface area contributed by atoms with E-state index < -0.39 is 0 Å². The summed E-state index contributed by atoms with van der Waals surface area (Å²) in [6.07, 6.45) is 5.94. The third kappa shape index (κ3) is 3.59. The maximum Gasteiger partial charge on any atom is 0.253 e. The highest BCUT2D eigenvalue weighted by molar-refractivity contribution is 6.33. The van der Waals surface area contributed by atoms with Crippen LogP contribution in [-0.2, 0) is 4.74 Å². The molecule has 0 radical (unpaired) electrons. The van der Waals surface area contributed by atoms with Crippen LogP contribution < -0.4 is 5.32 Å². The largest absolute Gasteiger partial charge is 0.381 e. The van der Waals surface area contributed by atoms with Crippen LogP contribution >= 0.6 is 11.6 Å². The second-order valence-corrected chi connectivity index (χ2v) is 4.75. The molecule has 1 saturated carbocycles. The van der Waals surface area contributed by atoms with Crippen LogP contribution in [0.1, 0.15) is 28.8 Å². The fourth-order valence-corrected chi connectivity index (χ4v) is 1.80. The van der Waals surface area contributed by atoms with Gasteiger partial charge in [0.2, 0.25) is 0 Å². The number of rotatable bonds is 5. The van der Waals surface area contributed by atoms with Gasteiger partial charge in [0.15, 0.2) is 0 Å². The van der Waals surface area contributed by atoms with Crippen molar-refractivity contribution in [3.05, 3.63) is 40.4 Å². The summed E-state index contributed by atoms with van der Waals surface area (Å²) >= 11 is 6.05. The molecule has 18 heavy (non-hydrogen) atoms. The molecule has 0 heterocycles. The van der Waals surface area contributed by atoms with E-state index in [1.165, 1.54) is 0 Å². The van der Waals surface area contributed by atoms with Crippen LogP contribution in [0, 0.1) is 0 Å². The Labute approximate surface area is 112 Å². The molecule has 1 aliphatic rings. The number of hydrogen-bond acceptors (Lipinski definition) is 2. The topological polar surface area (TPSA) is 38.3 Å². The van der Waals surface area contributed by atoms with Crippen LogP contribution in [0.4, 0.5) is 0 Å². The van der Waals surface area contributed by atoms with Crippen molar-refractivity contribution in [2.75, 3.05) is 13.7 Å². The van der Waals surface area contributed by atoms with E-state index in [0.29, 0.717) is 23.2 Å². The van der Waals surface area contributed by atoms with Gasteiger partial charge < -0.3 is 10.1 Å². The molecule has 0 atom stereocenters. The summed E-state index contributed by atoms with van der Waals surface area (Å²) in [5, 5.41) is 3.42. The lowest BCUT2D eigenvalue weighted by molar-refractivity contribution is 0.0951. The van der Waals surface area contributed by atoms with E-state index >= 15 is 0 Å². The fraction of sp³-hybridized carbons (Fsp3) is 0.357. The van der Waals surface area contributed by atoms with Gasteiger partial charge in [0, 0.05) is 13.2 Å². The molecule has 0 saturated heterocycles.